The van der Waals surface area contributed by atoms with Crippen molar-refractivity contribution >= 4 is 17.6 Å². The topological polar surface area (TPSA) is 73.9 Å². The van der Waals surface area contributed by atoms with E-state index in [1.807, 2.05) is 36.1 Å². The lowest BCUT2D eigenvalue weighted by molar-refractivity contribution is -0.117. The number of urea groups is 1. The lowest BCUT2D eigenvalue weighted by Gasteiger charge is -2.34. The quantitative estimate of drug-likeness (QED) is 0.683. The maximum atomic E-state index is 12.9. The van der Waals surface area contributed by atoms with E-state index in [1.165, 1.54) is 24.3 Å². The smallest absolute Gasteiger partial charge is 0.317 e. The van der Waals surface area contributed by atoms with Gasteiger partial charge in [-0.3, -0.25) is 9.69 Å². The second kappa shape index (κ2) is 10.6. The number of halogens is 1. The minimum atomic E-state index is -0.343. The predicted octanol–water partition coefficient (Wildman–Crippen LogP) is 2.48. The van der Waals surface area contributed by atoms with Crippen LogP contribution >= 0.6 is 0 Å². The van der Waals surface area contributed by atoms with Gasteiger partial charge in [0.2, 0.25) is 5.91 Å². The minimum absolute atomic E-state index is 0.126. The number of carbonyl (C=O) groups is 2. The first-order valence-corrected chi connectivity index (χ1v) is 10.0. The number of anilines is 1. The third-order valence-electron chi connectivity index (χ3n) is 4.88. The number of hydrogen-bond acceptors (Lipinski definition) is 4. The van der Waals surface area contributed by atoms with Crippen LogP contribution < -0.4 is 15.4 Å². The Balaban J connectivity index is 1.32. The number of nitrogens with one attached hydrogen (secondary N) is 2. The molecule has 160 valence electrons. The Hall–Kier alpha value is -3.13. The second-order valence-corrected chi connectivity index (χ2v) is 7.16. The molecular weight excluding hydrogens is 387 g/mol. The molecule has 1 heterocycles. The SMILES string of the molecule is Cc1ccccc1OCCNC(=O)N1CCN(CC(=O)Nc2ccc(F)cc2)CC1. The van der Waals surface area contributed by atoms with Gasteiger partial charge in [0.25, 0.3) is 0 Å². The molecule has 0 radical (unpaired) electrons. The van der Waals surface area contributed by atoms with Gasteiger partial charge in [0.15, 0.2) is 0 Å². The van der Waals surface area contributed by atoms with Gasteiger partial charge in [-0.2, -0.15) is 0 Å². The van der Waals surface area contributed by atoms with Crippen molar-refractivity contribution in [2.24, 2.45) is 0 Å². The Morgan fingerprint density at radius 1 is 1.03 bits per heavy atom. The van der Waals surface area contributed by atoms with E-state index in [1.54, 1.807) is 4.90 Å². The summed E-state index contributed by atoms with van der Waals surface area (Å²) in [5, 5.41) is 5.62. The normalized spacial score (nSPS) is 14.3. The number of hydrogen-bond donors (Lipinski definition) is 2. The van der Waals surface area contributed by atoms with E-state index in [0.717, 1.165) is 11.3 Å². The lowest BCUT2D eigenvalue weighted by Crippen LogP contribution is -2.53. The molecule has 0 atom stereocenters. The van der Waals surface area contributed by atoms with E-state index in [4.69, 9.17) is 4.74 Å². The largest absolute Gasteiger partial charge is 0.491 e. The maximum absolute atomic E-state index is 12.9. The molecule has 0 spiro atoms. The Morgan fingerprint density at radius 3 is 2.43 bits per heavy atom. The average Bonchev–Trinajstić information content (AvgIpc) is 2.74. The Morgan fingerprint density at radius 2 is 1.73 bits per heavy atom. The molecule has 1 fully saturated rings. The summed E-state index contributed by atoms with van der Waals surface area (Å²) in [5.74, 6) is 0.316. The minimum Gasteiger partial charge on any atom is -0.491 e. The fourth-order valence-corrected chi connectivity index (χ4v) is 3.20. The molecule has 0 saturated carbocycles. The number of para-hydroxylation sites is 1. The fraction of sp³-hybridized carbons (Fsp3) is 0.364. The molecule has 2 aromatic carbocycles. The van der Waals surface area contributed by atoms with Gasteiger partial charge in [0.05, 0.1) is 13.1 Å². The molecule has 8 heteroatoms. The van der Waals surface area contributed by atoms with Gasteiger partial charge in [-0.15, -0.1) is 0 Å². The van der Waals surface area contributed by atoms with E-state index in [9.17, 15) is 14.0 Å². The molecule has 30 heavy (non-hydrogen) atoms. The molecule has 2 N–H and O–H groups in total. The van der Waals surface area contributed by atoms with Crippen molar-refractivity contribution in [1.82, 2.24) is 15.1 Å². The number of benzene rings is 2. The standard InChI is InChI=1S/C22H27FN4O3/c1-17-4-2-3-5-20(17)30-15-10-24-22(29)27-13-11-26(12-14-27)16-21(28)25-19-8-6-18(23)7-9-19/h2-9H,10-16H2,1H3,(H,24,29)(H,25,28). The third-order valence-corrected chi connectivity index (χ3v) is 4.88. The number of ether oxygens (including phenoxy) is 1. The van der Waals surface area contributed by atoms with Crippen LogP contribution in [0.5, 0.6) is 5.75 Å². The highest BCUT2D eigenvalue weighted by atomic mass is 19.1. The van der Waals surface area contributed by atoms with Crippen LogP contribution in [0.25, 0.3) is 0 Å². The average molecular weight is 414 g/mol. The number of aryl methyl sites for hydroxylation is 1. The summed E-state index contributed by atoms with van der Waals surface area (Å²) < 4.78 is 18.6. The fourth-order valence-electron chi connectivity index (χ4n) is 3.20. The van der Waals surface area contributed by atoms with E-state index < -0.39 is 0 Å². The van der Waals surface area contributed by atoms with Gasteiger partial charge in [0, 0.05) is 31.9 Å². The highest BCUT2D eigenvalue weighted by molar-refractivity contribution is 5.92. The summed E-state index contributed by atoms with van der Waals surface area (Å²) in [7, 11) is 0. The van der Waals surface area contributed by atoms with E-state index >= 15 is 0 Å². The molecule has 1 aliphatic rings. The summed E-state index contributed by atoms with van der Waals surface area (Å²) in [4.78, 5) is 28.2. The molecule has 1 saturated heterocycles. The van der Waals surface area contributed by atoms with Crippen molar-refractivity contribution < 1.29 is 18.7 Å². The zero-order valence-corrected chi connectivity index (χ0v) is 17.1. The Bertz CT molecular complexity index is 852. The van der Waals surface area contributed by atoms with Crippen molar-refractivity contribution in [3.63, 3.8) is 0 Å². The summed E-state index contributed by atoms with van der Waals surface area (Å²) in [5.41, 5.74) is 1.62. The molecule has 3 amide bonds. The predicted molar refractivity (Wildman–Crippen MR) is 113 cm³/mol. The number of rotatable bonds is 7. The highest BCUT2D eigenvalue weighted by Crippen LogP contribution is 2.15. The Labute approximate surface area is 175 Å². The van der Waals surface area contributed by atoms with Crippen LogP contribution in [0.2, 0.25) is 0 Å². The van der Waals surface area contributed by atoms with Crippen molar-refractivity contribution in [2.45, 2.75) is 6.92 Å². The molecule has 0 unspecified atom stereocenters. The van der Waals surface area contributed by atoms with Gasteiger partial charge in [-0.05, 0) is 42.8 Å². The van der Waals surface area contributed by atoms with Crippen molar-refractivity contribution in [2.75, 3.05) is 51.2 Å². The molecule has 0 bridgehead atoms. The summed E-state index contributed by atoms with van der Waals surface area (Å²) in [6, 6.07) is 13.3. The molecule has 0 aromatic heterocycles. The van der Waals surface area contributed by atoms with Crippen LogP contribution in [0.3, 0.4) is 0 Å². The van der Waals surface area contributed by atoms with Crippen molar-refractivity contribution in [1.29, 1.82) is 0 Å². The van der Waals surface area contributed by atoms with Gasteiger partial charge in [0.1, 0.15) is 18.2 Å². The first-order valence-electron chi connectivity index (χ1n) is 10.0. The second-order valence-electron chi connectivity index (χ2n) is 7.16. The van der Waals surface area contributed by atoms with Crippen LogP contribution in [-0.2, 0) is 4.79 Å². The van der Waals surface area contributed by atoms with E-state index in [0.29, 0.717) is 45.0 Å². The maximum Gasteiger partial charge on any atom is 0.317 e. The first kappa shape index (κ1) is 21.6. The van der Waals surface area contributed by atoms with Crippen LogP contribution in [0.4, 0.5) is 14.9 Å². The summed E-state index contributed by atoms with van der Waals surface area (Å²) >= 11 is 0. The summed E-state index contributed by atoms with van der Waals surface area (Å²) in [6.07, 6.45) is 0. The number of amides is 3. The van der Waals surface area contributed by atoms with Crippen LogP contribution in [-0.4, -0.2) is 67.6 Å². The van der Waals surface area contributed by atoms with Crippen molar-refractivity contribution in [3.05, 3.63) is 59.9 Å². The Kier molecular flexibility index (Phi) is 7.62. The summed E-state index contributed by atoms with van der Waals surface area (Å²) in [6.45, 7) is 5.37. The highest BCUT2D eigenvalue weighted by Gasteiger charge is 2.22. The third kappa shape index (κ3) is 6.45. The van der Waals surface area contributed by atoms with Crippen LogP contribution in [0, 0.1) is 12.7 Å². The molecule has 0 aliphatic carbocycles. The lowest BCUT2D eigenvalue weighted by atomic mass is 10.2. The zero-order valence-electron chi connectivity index (χ0n) is 17.1. The molecule has 1 aliphatic heterocycles. The van der Waals surface area contributed by atoms with Gasteiger partial charge < -0.3 is 20.3 Å². The monoisotopic (exact) mass is 414 g/mol. The molecule has 7 nitrogen and oxygen atoms in total. The van der Waals surface area contributed by atoms with Gasteiger partial charge in [-0.1, -0.05) is 18.2 Å². The number of nitrogens with zero attached hydrogens (tertiary/aromatic N) is 2. The molecule has 3 rings (SSSR count). The van der Waals surface area contributed by atoms with Gasteiger partial charge in [-0.25, -0.2) is 9.18 Å². The van der Waals surface area contributed by atoms with Crippen molar-refractivity contribution in [3.8, 4) is 5.75 Å². The van der Waals surface area contributed by atoms with Crippen LogP contribution in [0.1, 0.15) is 5.56 Å². The number of carbonyl (C=O) groups excluding carboxylic acids is 2. The molecular formula is C22H27FN4O3. The zero-order chi connectivity index (χ0) is 21.3. The van der Waals surface area contributed by atoms with Gasteiger partial charge >= 0.3 is 6.03 Å². The molecule has 2 aromatic rings. The van der Waals surface area contributed by atoms with Crippen LogP contribution in [0.15, 0.2) is 48.5 Å². The van der Waals surface area contributed by atoms with E-state index in [-0.39, 0.29) is 24.3 Å². The first-order chi connectivity index (χ1) is 14.5. The van der Waals surface area contributed by atoms with E-state index in [2.05, 4.69) is 10.6 Å². The number of piperazine rings is 1.